The number of rotatable bonds is 16. The van der Waals surface area contributed by atoms with Gasteiger partial charge in [-0.1, -0.05) is 48.4 Å². The van der Waals surface area contributed by atoms with Crippen LogP contribution in [0.15, 0.2) is 66.9 Å². The maximum absolute atomic E-state index is 13.0. The fraction of sp³-hybridized carbons (Fsp3) is 0.432. The number of halogens is 1. The van der Waals surface area contributed by atoms with Gasteiger partial charge in [-0.2, -0.15) is 0 Å². The fourth-order valence-electron chi connectivity index (χ4n) is 8.26. The summed E-state index contributed by atoms with van der Waals surface area (Å²) in [6, 6.07) is 19.8. The summed E-state index contributed by atoms with van der Waals surface area (Å²) in [5.74, 6) is 0.637. The van der Waals surface area contributed by atoms with Crippen molar-refractivity contribution in [1.29, 1.82) is 0 Å². The normalized spacial score (nSPS) is 17.4. The number of amides is 3. The summed E-state index contributed by atoms with van der Waals surface area (Å²) in [7, 11) is -0.766. The number of ether oxygens (including phenoxy) is 1. The number of nitrogens with zero attached hydrogens (tertiary/aromatic N) is 4. The zero-order chi connectivity index (χ0) is 40.8. The Morgan fingerprint density at radius 2 is 1.72 bits per heavy atom. The molecule has 0 spiro atoms. The molecule has 3 N–H and O–H groups in total. The number of piperidine rings is 2. The van der Waals surface area contributed by atoms with Crippen molar-refractivity contribution in [3.8, 4) is 5.75 Å². The summed E-state index contributed by atoms with van der Waals surface area (Å²) >= 11 is 6.55. The standard InChI is InChI=1S/C44H53ClN7O5P/c1-57-39-26-34(13-11-29(39)25-41-48-27-36(45)37(49-41)24-30-9-5-6-10-40(30)58(2,3)56)51-21-17-32(18-22-51)46-19-7-4-8-20-47-33-12-14-35-31(23-33)28-52(44(35)55)38-15-16-42(53)50-43(38)54/h5-6,9-14,23,26-27,32,38,46-47H,4,7-8,15-22,24-25,28H2,1-3H3,(H,50,53,54). The van der Waals surface area contributed by atoms with Crippen LogP contribution < -0.4 is 30.9 Å². The van der Waals surface area contributed by atoms with Gasteiger partial charge in [-0.3, -0.25) is 19.7 Å². The highest BCUT2D eigenvalue weighted by molar-refractivity contribution is 7.70. The number of fused-ring (bicyclic) bond motifs is 1. The molecule has 1 atom stereocenters. The Morgan fingerprint density at radius 3 is 2.50 bits per heavy atom. The Kier molecular flexibility index (Phi) is 13.2. The molecule has 4 aromatic rings. The van der Waals surface area contributed by atoms with E-state index in [2.05, 4.69) is 44.0 Å². The molecular formula is C44H53ClN7O5P. The van der Waals surface area contributed by atoms with E-state index in [4.69, 9.17) is 21.3 Å². The van der Waals surface area contributed by atoms with Gasteiger partial charge in [-0.15, -0.1) is 0 Å². The van der Waals surface area contributed by atoms with Gasteiger partial charge in [0.2, 0.25) is 11.8 Å². The van der Waals surface area contributed by atoms with Gasteiger partial charge < -0.3 is 29.7 Å². The number of methoxy groups -OCH3 is 1. The van der Waals surface area contributed by atoms with E-state index >= 15 is 0 Å². The molecule has 3 amide bonds. The molecule has 1 unspecified atom stereocenters. The molecule has 2 saturated heterocycles. The molecule has 0 bridgehead atoms. The monoisotopic (exact) mass is 825 g/mol. The van der Waals surface area contributed by atoms with Crippen molar-refractivity contribution in [2.24, 2.45) is 0 Å². The first-order valence-corrected chi connectivity index (χ1v) is 23.2. The average molecular weight is 826 g/mol. The molecule has 0 saturated carbocycles. The first-order valence-electron chi connectivity index (χ1n) is 20.3. The van der Waals surface area contributed by atoms with E-state index in [1.165, 1.54) is 0 Å². The minimum Gasteiger partial charge on any atom is -0.496 e. The molecule has 7 rings (SSSR count). The lowest BCUT2D eigenvalue weighted by molar-refractivity contribution is -0.136. The van der Waals surface area contributed by atoms with Gasteiger partial charge in [-0.25, -0.2) is 9.97 Å². The van der Waals surface area contributed by atoms with Crippen molar-refractivity contribution < 1.29 is 23.7 Å². The van der Waals surface area contributed by atoms with Gasteiger partial charge >= 0.3 is 0 Å². The summed E-state index contributed by atoms with van der Waals surface area (Å²) in [5.41, 5.74) is 6.33. The zero-order valence-electron chi connectivity index (χ0n) is 33.6. The minimum absolute atomic E-state index is 0.150. The van der Waals surface area contributed by atoms with E-state index in [-0.39, 0.29) is 24.1 Å². The van der Waals surface area contributed by atoms with Gasteiger partial charge in [-0.05, 0) is 87.4 Å². The molecule has 58 heavy (non-hydrogen) atoms. The third-order valence-corrected chi connectivity index (χ3v) is 13.3. The van der Waals surface area contributed by atoms with Crippen molar-refractivity contribution in [1.82, 2.24) is 25.5 Å². The number of nitrogens with one attached hydrogen (secondary N) is 3. The van der Waals surface area contributed by atoms with Gasteiger partial charge in [0.25, 0.3) is 5.91 Å². The van der Waals surface area contributed by atoms with Gasteiger partial charge in [0.1, 0.15) is 24.8 Å². The number of unbranched alkanes of at least 4 members (excludes halogenated alkanes) is 2. The number of carbonyl (C=O) groups excluding carboxylic acids is 3. The van der Waals surface area contributed by atoms with E-state index in [1.807, 2.05) is 42.5 Å². The second-order valence-electron chi connectivity index (χ2n) is 15.9. The summed E-state index contributed by atoms with van der Waals surface area (Å²) < 4.78 is 18.8. The summed E-state index contributed by atoms with van der Waals surface area (Å²) in [6.07, 6.45) is 8.64. The molecular weight excluding hydrogens is 773 g/mol. The molecule has 12 nitrogen and oxygen atoms in total. The van der Waals surface area contributed by atoms with Crippen LogP contribution >= 0.6 is 18.7 Å². The van der Waals surface area contributed by atoms with E-state index < -0.39 is 13.2 Å². The molecule has 14 heteroatoms. The highest BCUT2D eigenvalue weighted by Gasteiger charge is 2.39. The highest BCUT2D eigenvalue weighted by Crippen LogP contribution is 2.37. The van der Waals surface area contributed by atoms with Crippen LogP contribution in [-0.4, -0.2) is 91.3 Å². The second kappa shape index (κ2) is 18.4. The maximum Gasteiger partial charge on any atom is 0.255 e. The number of hydrogen-bond acceptors (Lipinski definition) is 10. The lowest BCUT2D eigenvalue weighted by atomic mass is 10.0. The number of aromatic nitrogens is 2. The maximum atomic E-state index is 13.0. The smallest absolute Gasteiger partial charge is 0.255 e. The average Bonchev–Trinajstić information content (AvgIpc) is 3.53. The van der Waals surface area contributed by atoms with E-state index in [0.29, 0.717) is 54.0 Å². The number of imide groups is 1. The Morgan fingerprint density at radius 1 is 0.931 bits per heavy atom. The quantitative estimate of drug-likeness (QED) is 0.0682. The van der Waals surface area contributed by atoms with Crippen molar-refractivity contribution in [2.45, 2.75) is 76.4 Å². The molecule has 3 aromatic carbocycles. The molecule has 0 aliphatic carbocycles. The largest absolute Gasteiger partial charge is 0.496 e. The fourth-order valence-corrected chi connectivity index (χ4v) is 9.71. The third kappa shape index (κ3) is 9.91. The topological polar surface area (TPSA) is 146 Å². The Labute approximate surface area is 345 Å². The Hall–Kier alpha value is -4.77. The van der Waals surface area contributed by atoms with E-state index in [9.17, 15) is 18.9 Å². The first kappa shape index (κ1) is 41.4. The van der Waals surface area contributed by atoms with Gasteiger partial charge in [0.15, 0.2) is 0 Å². The summed E-state index contributed by atoms with van der Waals surface area (Å²) in [6.45, 7) is 7.72. The molecule has 4 heterocycles. The lowest BCUT2D eigenvalue weighted by Crippen LogP contribution is -2.52. The second-order valence-corrected chi connectivity index (χ2v) is 19.5. The number of hydrogen-bond donors (Lipinski definition) is 3. The predicted octanol–water partition coefficient (Wildman–Crippen LogP) is 6.17. The highest BCUT2D eigenvalue weighted by atomic mass is 35.5. The minimum atomic E-state index is -2.46. The molecule has 306 valence electrons. The summed E-state index contributed by atoms with van der Waals surface area (Å²) in [5, 5.41) is 11.0. The van der Waals surface area contributed by atoms with Crippen molar-refractivity contribution >= 4 is 53.1 Å². The number of carbonyl (C=O) groups is 3. The zero-order valence-corrected chi connectivity index (χ0v) is 35.2. The van der Waals surface area contributed by atoms with Gasteiger partial charge in [0.05, 0.1) is 17.8 Å². The molecule has 0 radical (unpaired) electrons. The first-order chi connectivity index (χ1) is 28.0. The number of benzene rings is 3. The molecule has 3 aliphatic heterocycles. The molecule has 1 aromatic heterocycles. The van der Waals surface area contributed by atoms with Crippen molar-refractivity contribution in [3.63, 3.8) is 0 Å². The van der Waals surface area contributed by atoms with Crippen LogP contribution in [0.1, 0.15) is 83.5 Å². The predicted molar refractivity (Wildman–Crippen MR) is 229 cm³/mol. The molecule has 2 fully saturated rings. The molecule has 3 aliphatic rings. The van der Waals surface area contributed by atoms with Crippen molar-refractivity contribution in [3.05, 3.63) is 106 Å². The Bertz CT molecular complexity index is 2200. The summed E-state index contributed by atoms with van der Waals surface area (Å²) in [4.78, 5) is 50.2. The van der Waals surface area contributed by atoms with Crippen LogP contribution in [0.3, 0.4) is 0 Å². The van der Waals surface area contributed by atoms with Crippen LogP contribution in [0.5, 0.6) is 5.75 Å². The Balaban J connectivity index is 0.821. The number of anilines is 2. The van der Waals surface area contributed by atoms with Crippen LogP contribution in [0.25, 0.3) is 0 Å². The van der Waals surface area contributed by atoms with Crippen LogP contribution in [0, 0.1) is 0 Å². The van der Waals surface area contributed by atoms with E-state index in [1.54, 1.807) is 31.5 Å². The van der Waals surface area contributed by atoms with Crippen LogP contribution in [-0.2, 0) is 33.5 Å². The van der Waals surface area contributed by atoms with Crippen LogP contribution in [0.2, 0.25) is 5.02 Å². The van der Waals surface area contributed by atoms with Gasteiger partial charge in [0, 0.05) is 91.6 Å². The third-order valence-electron chi connectivity index (χ3n) is 11.4. The SMILES string of the molecule is COc1cc(N2CCC(NCCCCCNc3ccc4c(c3)CN(C3CCC(=O)NC3=O)C4=O)CC2)ccc1Cc1ncc(Cl)c(Cc2ccccc2P(C)(C)=O)n1. The van der Waals surface area contributed by atoms with Crippen molar-refractivity contribution in [2.75, 3.05) is 56.8 Å². The lowest BCUT2D eigenvalue weighted by Gasteiger charge is -2.34. The van der Waals surface area contributed by atoms with E-state index in [0.717, 1.165) is 97.4 Å². The van der Waals surface area contributed by atoms with Crippen LogP contribution in [0.4, 0.5) is 11.4 Å².